The first-order chi connectivity index (χ1) is 14.3. The van der Waals surface area contributed by atoms with E-state index in [9.17, 15) is 18.0 Å². The standard InChI is InChI=1S/C20H22N4O5S/c1-3-7-21-17(25)10-29-20(26)15-9-16(13-4-5-13)22-19-18(15)12(2)23-24(19)14-6-8-30(27,28)11-14/h1,9,13-14H,4-8,10-11H2,2H3,(H,21,25)/t14-/m0/s1. The molecular weight excluding hydrogens is 408 g/mol. The van der Waals surface area contributed by atoms with Crippen molar-refractivity contribution in [3.05, 3.63) is 23.0 Å². The van der Waals surface area contributed by atoms with Crippen LogP contribution < -0.4 is 5.32 Å². The third-order valence-corrected chi connectivity index (χ3v) is 7.10. The number of carbonyl (C=O) groups is 2. The molecule has 1 N–H and O–H groups in total. The van der Waals surface area contributed by atoms with Gasteiger partial charge in [-0.3, -0.25) is 4.79 Å². The Bertz CT molecular complexity index is 1170. The van der Waals surface area contributed by atoms with Crippen molar-refractivity contribution < 1.29 is 22.7 Å². The highest BCUT2D eigenvalue weighted by Crippen LogP contribution is 2.41. The third-order valence-electron chi connectivity index (χ3n) is 5.35. The van der Waals surface area contributed by atoms with Crippen LogP contribution in [0.1, 0.15) is 53.0 Å². The van der Waals surface area contributed by atoms with Crippen LogP contribution >= 0.6 is 0 Å². The lowest BCUT2D eigenvalue weighted by molar-refractivity contribution is -0.123. The van der Waals surface area contributed by atoms with Crippen molar-refractivity contribution >= 4 is 32.7 Å². The van der Waals surface area contributed by atoms with Crippen molar-refractivity contribution in [3.8, 4) is 12.3 Å². The summed E-state index contributed by atoms with van der Waals surface area (Å²) in [4.78, 5) is 29.3. The van der Waals surface area contributed by atoms with Crippen LogP contribution in [-0.2, 0) is 19.4 Å². The number of sulfone groups is 1. The van der Waals surface area contributed by atoms with Crippen molar-refractivity contribution in [1.82, 2.24) is 20.1 Å². The van der Waals surface area contributed by atoms with E-state index in [2.05, 4.69) is 16.3 Å². The smallest absolute Gasteiger partial charge is 0.339 e. The quantitative estimate of drug-likeness (QED) is 0.534. The molecule has 158 valence electrons. The van der Waals surface area contributed by atoms with Gasteiger partial charge in [0.05, 0.1) is 40.7 Å². The average molecular weight is 430 g/mol. The number of hydrogen-bond acceptors (Lipinski definition) is 7. The van der Waals surface area contributed by atoms with E-state index in [0.717, 1.165) is 18.5 Å². The molecule has 1 atom stereocenters. The van der Waals surface area contributed by atoms with Crippen molar-refractivity contribution in [2.24, 2.45) is 0 Å². The molecule has 1 aliphatic heterocycles. The maximum atomic E-state index is 12.8. The topological polar surface area (TPSA) is 120 Å². The van der Waals surface area contributed by atoms with Crippen LogP contribution in [-0.4, -0.2) is 59.7 Å². The molecule has 1 amide bonds. The number of hydrogen-bond donors (Lipinski definition) is 1. The van der Waals surface area contributed by atoms with E-state index in [4.69, 9.17) is 16.1 Å². The minimum absolute atomic E-state index is 0.00762. The van der Waals surface area contributed by atoms with Crippen LogP contribution in [0.3, 0.4) is 0 Å². The molecule has 0 aromatic carbocycles. The van der Waals surface area contributed by atoms with E-state index in [1.54, 1.807) is 17.7 Å². The van der Waals surface area contributed by atoms with E-state index in [-0.39, 0.29) is 35.6 Å². The number of aryl methyl sites for hydroxylation is 1. The molecule has 2 fully saturated rings. The van der Waals surface area contributed by atoms with Crippen LogP contribution in [0.4, 0.5) is 0 Å². The van der Waals surface area contributed by atoms with Crippen LogP contribution in [0.2, 0.25) is 0 Å². The zero-order valence-corrected chi connectivity index (χ0v) is 17.4. The molecule has 2 aromatic rings. The maximum Gasteiger partial charge on any atom is 0.339 e. The summed E-state index contributed by atoms with van der Waals surface area (Å²) >= 11 is 0. The Hall–Kier alpha value is -2.93. The van der Waals surface area contributed by atoms with Crippen molar-refractivity contribution in [1.29, 1.82) is 0 Å². The van der Waals surface area contributed by atoms with Gasteiger partial charge < -0.3 is 10.1 Å². The van der Waals surface area contributed by atoms with E-state index >= 15 is 0 Å². The van der Waals surface area contributed by atoms with Gasteiger partial charge in [0, 0.05) is 11.6 Å². The van der Waals surface area contributed by atoms with Crippen LogP contribution in [0, 0.1) is 19.3 Å². The fourth-order valence-corrected chi connectivity index (χ4v) is 5.41. The summed E-state index contributed by atoms with van der Waals surface area (Å²) in [5.41, 5.74) is 2.10. The lowest BCUT2D eigenvalue weighted by Gasteiger charge is -2.11. The summed E-state index contributed by atoms with van der Waals surface area (Å²) in [6, 6.07) is 1.39. The number of aromatic nitrogens is 3. The molecule has 4 rings (SSSR count). The monoisotopic (exact) mass is 430 g/mol. The third kappa shape index (κ3) is 4.03. The van der Waals surface area contributed by atoms with Crippen molar-refractivity contribution in [2.75, 3.05) is 24.7 Å². The molecule has 0 unspecified atom stereocenters. The van der Waals surface area contributed by atoms with Gasteiger partial charge in [0.2, 0.25) is 0 Å². The Morgan fingerprint density at radius 2 is 2.13 bits per heavy atom. The fraction of sp³-hybridized carbons (Fsp3) is 0.500. The molecule has 0 bridgehead atoms. The fourth-order valence-electron chi connectivity index (χ4n) is 3.71. The van der Waals surface area contributed by atoms with Gasteiger partial charge in [0.25, 0.3) is 5.91 Å². The zero-order valence-electron chi connectivity index (χ0n) is 16.6. The first-order valence-corrected chi connectivity index (χ1v) is 11.6. The van der Waals surface area contributed by atoms with Gasteiger partial charge in [-0.25, -0.2) is 22.9 Å². The van der Waals surface area contributed by atoms with Gasteiger partial charge in [-0.2, -0.15) is 5.10 Å². The van der Waals surface area contributed by atoms with Gasteiger partial charge in [-0.05, 0) is 32.3 Å². The minimum Gasteiger partial charge on any atom is -0.452 e. The molecule has 0 spiro atoms. The average Bonchev–Trinajstić information content (AvgIpc) is 3.43. The number of nitrogens with zero attached hydrogens (tertiary/aromatic N) is 3. The summed E-state index contributed by atoms with van der Waals surface area (Å²) in [5.74, 6) is 1.52. The lowest BCUT2D eigenvalue weighted by Crippen LogP contribution is -2.29. The number of terminal acetylenes is 1. The molecule has 30 heavy (non-hydrogen) atoms. The Kier molecular flexibility index (Phi) is 5.24. The molecule has 1 aliphatic carbocycles. The van der Waals surface area contributed by atoms with E-state index < -0.39 is 28.3 Å². The second-order valence-electron chi connectivity index (χ2n) is 7.71. The molecule has 1 saturated heterocycles. The van der Waals surface area contributed by atoms with Crippen molar-refractivity contribution in [3.63, 3.8) is 0 Å². The Morgan fingerprint density at radius 3 is 2.77 bits per heavy atom. The van der Waals surface area contributed by atoms with Crippen LogP contribution in [0.5, 0.6) is 0 Å². The highest BCUT2D eigenvalue weighted by atomic mass is 32.2. The highest BCUT2D eigenvalue weighted by Gasteiger charge is 2.34. The molecule has 0 radical (unpaired) electrons. The second-order valence-corrected chi connectivity index (χ2v) is 9.94. The summed E-state index contributed by atoms with van der Waals surface area (Å²) in [5, 5.41) is 7.48. The Morgan fingerprint density at radius 1 is 1.37 bits per heavy atom. The van der Waals surface area contributed by atoms with Crippen LogP contribution in [0.25, 0.3) is 11.0 Å². The lowest BCUT2D eigenvalue weighted by atomic mass is 10.1. The zero-order chi connectivity index (χ0) is 21.5. The van der Waals surface area contributed by atoms with Crippen LogP contribution in [0.15, 0.2) is 6.07 Å². The molecular formula is C20H22N4O5S. The van der Waals surface area contributed by atoms with E-state index in [1.807, 2.05) is 0 Å². The normalized spacial score (nSPS) is 20.1. The number of nitrogens with one attached hydrogen (secondary N) is 1. The number of pyridine rings is 1. The number of amides is 1. The number of fused-ring (bicyclic) bond motifs is 1. The van der Waals surface area contributed by atoms with Gasteiger partial charge in [0.1, 0.15) is 0 Å². The molecule has 3 heterocycles. The first kappa shape index (κ1) is 20.3. The molecule has 1 saturated carbocycles. The molecule has 2 aromatic heterocycles. The van der Waals surface area contributed by atoms with E-state index in [1.165, 1.54) is 0 Å². The first-order valence-electron chi connectivity index (χ1n) is 9.76. The van der Waals surface area contributed by atoms with E-state index in [0.29, 0.717) is 23.1 Å². The number of ether oxygens (including phenoxy) is 1. The Labute approximate surface area is 174 Å². The largest absolute Gasteiger partial charge is 0.452 e. The molecule has 2 aliphatic rings. The van der Waals surface area contributed by atoms with Gasteiger partial charge in [0.15, 0.2) is 22.1 Å². The van der Waals surface area contributed by atoms with Crippen molar-refractivity contribution in [2.45, 2.75) is 38.1 Å². The maximum absolute atomic E-state index is 12.8. The van der Waals surface area contributed by atoms with Gasteiger partial charge in [-0.1, -0.05) is 5.92 Å². The minimum atomic E-state index is -3.11. The predicted molar refractivity (Wildman–Crippen MR) is 109 cm³/mol. The number of rotatable bonds is 6. The molecule has 10 heteroatoms. The second kappa shape index (κ2) is 7.72. The summed E-state index contributed by atoms with van der Waals surface area (Å²) in [7, 11) is -3.11. The summed E-state index contributed by atoms with van der Waals surface area (Å²) in [6.45, 7) is 1.35. The summed E-state index contributed by atoms with van der Waals surface area (Å²) < 4.78 is 30.7. The highest BCUT2D eigenvalue weighted by molar-refractivity contribution is 7.91. The SMILES string of the molecule is C#CCNC(=O)COC(=O)c1cc(C2CC2)nc2c1c(C)nn2[C@H]1CCS(=O)(=O)C1. The molecule has 9 nitrogen and oxygen atoms in total. The Balaban J connectivity index is 1.70. The number of esters is 1. The van der Waals surface area contributed by atoms with Gasteiger partial charge in [-0.15, -0.1) is 6.42 Å². The predicted octanol–water partition coefficient (Wildman–Crippen LogP) is 0.883. The van der Waals surface area contributed by atoms with Gasteiger partial charge >= 0.3 is 5.97 Å². The summed E-state index contributed by atoms with van der Waals surface area (Å²) in [6.07, 6.45) is 7.52. The number of carbonyl (C=O) groups excluding carboxylic acids is 2.